The quantitative estimate of drug-likeness (QED) is 0.700. The van der Waals surface area contributed by atoms with Gasteiger partial charge in [0.1, 0.15) is 17.6 Å². The topological polar surface area (TPSA) is 59.6 Å². The minimum Gasteiger partial charge on any atom is -0.494 e. The molecule has 1 aliphatic carbocycles. The van der Waals surface area contributed by atoms with Gasteiger partial charge < -0.3 is 20.1 Å². The number of halogens is 1. The molecule has 1 aliphatic rings. The molecule has 5 nitrogen and oxygen atoms in total. The van der Waals surface area contributed by atoms with Gasteiger partial charge in [-0.15, -0.1) is 12.4 Å². The Kier molecular flexibility index (Phi) is 10.3. The number of hydrogen-bond acceptors (Lipinski definition) is 4. The first-order chi connectivity index (χ1) is 11.7. The maximum atomic E-state index is 12.0. The minimum absolute atomic E-state index is 0. The van der Waals surface area contributed by atoms with E-state index >= 15 is 0 Å². The van der Waals surface area contributed by atoms with Gasteiger partial charge in [-0.25, -0.2) is 0 Å². The largest absolute Gasteiger partial charge is 0.494 e. The molecule has 2 N–H and O–H groups in total. The molecule has 2 unspecified atom stereocenters. The summed E-state index contributed by atoms with van der Waals surface area (Å²) in [6, 6.07) is 7.86. The Morgan fingerprint density at radius 3 is 2.52 bits per heavy atom. The van der Waals surface area contributed by atoms with Gasteiger partial charge in [0.15, 0.2) is 0 Å². The summed E-state index contributed by atoms with van der Waals surface area (Å²) in [6.07, 6.45) is 5.78. The second-order valence-electron chi connectivity index (χ2n) is 6.29. The van der Waals surface area contributed by atoms with E-state index < -0.39 is 0 Å². The molecule has 0 aromatic heterocycles. The fourth-order valence-corrected chi connectivity index (χ4v) is 2.93. The van der Waals surface area contributed by atoms with Crippen LogP contribution in [0.3, 0.4) is 0 Å². The van der Waals surface area contributed by atoms with Gasteiger partial charge in [0.05, 0.1) is 12.6 Å². The Bertz CT molecular complexity index is 496. The average Bonchev–Trinajstić information content (AvgIpc) is 2.61. The van der Waals surface area contributed by atoms with Crippen molar-refractivity contribution in [3.63, 3.8) is 0 Å². The monoisotopic (exact) mass is 370 g/mol. The predicted octanol–water partition coefficient (Wildman–Crippen LogP) is 3.31. The summed E-state index contributed by atoms with van der Waals surface area (Å²) < 4.78 is 11.7. The van der Waals surface area contributed by atoms with Crippen molar-refractivity contribution in [2.45, 2.75) is 57.6 Å². The molecule has 0 heterocycles. The first kappa shape index (κ1) is 21.6. The van der Waals surface area contributed by atoms with Crippen molar-refractivity contribution >= 4 is 18.3 Å². The Hall–Kier alpha value is -1.46. The minimum atomic E-state index is 0. The van der Waals surface area contributed by atoms with Crippen molar-refractivity contribution in [2.24, 2.45) is 0 Å². The van der Waals surface area contributed by atoms with E-state index in [1.807, 2.05) is 31.3 Å². The first-order valence-electron chi connectivity index (χ1n) is 9.06. The van der Waals surface area contributed by atoms with Crippen LogP contribution in [-0.2, 0) is 4.79 Å². The first-order valence-corrected chi connectivity index (χ1v) is 9.06. The molecule has 1 fully saturated rings. The smallest absolute Gasteiger partial charge is 0.221 e. The van der Waals surface area contributed by atoms with Gasteiger partial charge in [0.25, 0.3) is 0 Å². The molecule has 1 amide bonds. The maximum absolute atomic E-state index is 12.0. The van der Waals surface area contributed by atoms with Crippen molar-refractivity contribution in [1.29, 1.82) is 0 Å². The summed E-state index contributed by atoms with van der Waals surface area (Å²) in [6.45, 7) is 3.51. The van der Waals surface area contributed by atoms with E-state index in [2.05, 4.69) is 17.6 Å². The Labute approximate surface area is 157 Å². The third-order valence-corrected chi connectivity index (χ3v) is 4.24. The number of amides is 1. The molecular weight excluding hydrogens is 340 g/mol. The highest BCUT2D eigenvalue weighted by Crippen LogP contribution is 2.25. The van der Waals surface area contributed by atoms with Crippen molar-refractivity contribution in [3.8, 4) is 11.5 Å². The lowest BCUT2D eigenvalue weighted by Gasteiger charge is -2.32. The normalized spacial score (nSPS) is 19.6. The van der Waals surface area contributed by atoms with Crippen molar-refractivity contribution < 1.29 is 14.3 Å². The van der Waals surface area contributed by atoms with Crippen LogP contribution in [0.15, 0.2) is 24.3 Å². The highest BCUT2D eigenvalue weighted by molar-refractivity contribution is 5.85. The molecule has 0 bridgehead atoms. The molecular formula is C19H31ClN2O3. The second-order valence-corrected chi connectivity index (χ2v) is 6.29. The standard InChI is InChI=1S/C19H30N2O3.ClH/c1-3-14-23-15-8-10-16(11-9-15)24-18-7-5-4-6-17(18)21-19(22)12-13-20-2;/h8-11,17-18,20H,3-7,12-14H2,1-2H3,(H,21,22);1H. The number of carbonyl (C=O) groups excluding carboxylic acids is 1. The van der Waals surface area contributed by atoms with E-state index in [0.717, 1.165) is 50.2 Å². The number of carbonyl (C=O) groups is 1. The molecule has 0 saturated heterocycles. The third-order valence-electron chi connectivity index (χ3n) is 4.24. The summed E-state index contributed by atoms with van der Waals surface area (Å²) in [5.74, 6) is 1.79. The zero-order chi connectivity index (χ0) is 17.2. The van der Waals surface area contributed by atoms with Gasteiger partial charge in [-0.1, -0.05) is 13.3 Å². The summed E-state index contributed by atoms with van der Waals surface area (Å²) in [5.41, 5.74) is 0. The molecule has 0 aliphatic heterocycles. The maximum Gasteiger partial charge on any atom is 0.221 e. The molecule has 6 heteroatoms. The molecule has 2 atom stereocenters. The fourth-order valence-electron chi connectivity index (χ4n) is 2.93. The van der Waals surface area contributed by atoms with Crippen LogP contribution >= 0.6 is 12.4 Å². The second kappa shape index (κ2) is 12.0. The fraction of sp³-hybridized carbons (Fsp3) is 0.632. The summed E-state index contributed by atoms with van der Waals surface area (Å²) in [7, 11) is 1.85. The average molecular weight is 371 g/mol. The zero-order valence-electron chi connectivity index (χ0n) is 15.3. The van der Waals surface area contributed by atoms with Crippen LogP contribution < -0.4 is 20.1 Å². The van der Waals surface area contributed by atoms with E-state index in [1.165, 1.54) is 0 Å². The van der Waals surface area contributed by atoms with Crippen molar-refractivity contribution in [3.05, 3.63) is 24.3 Å². The molecule has 1 saturated carbocycles. The van der Waals surface area contributed by atoms with E-state index in [0.29, 0.717) is 13.0 Å². The Morgan fingerprint density at radius 1 is 1.16 bits per heavy atom. The highest BCUT2D eigenvalue weighted by Gasteiger charge is 2.28. The molecule has 1 aromatic rings. The van der Waals surface area contributed by atoms with Crippen LogP contribution in [0.25, 0.3) is 0 Å². The van der Waals surface area contributed by atoms with Crippen LogP contribution in [0.4, 0.5) is 0 Å². The summed E-state index contributed by atoms with van der Waals surface area (Å²) >= 11 is 0. The van der Waals surface area contributed by atoms with E-state index in [-0.39, 0.29) is 30.5 Å². The van der Waals surface area contributed by atoms with Crippen LogP contribution in [0.1, 0.15) is 45.4 Å². The lowest BCUT2D eigenvalue weighted by molar-refractivity contribution is -0.122. The van der Waals surface area contributed by atoms with Gasteiger partial charge in [0, 0.05) is 13.0 Å². The van der Waals surface area contributed by atoms with Gasteiger partial charge in [0.2, 0.25) is 5.91 Å². The van der Waals surface area contributed by atoms with Crippen LogP contribution in [0.5, 0.6) is 11.5 Å². The number of benzene rings is 1. The van der Waals surface area contributed by atoms with E-state index in [1.54, 1.807) is 0 Å². The summed E-state index contributed by atoms with van der Waals surface area (Å²) in [4.78, 5) is 12.0. The van der Waals surface area contributed by atoms with Crippen LogP contribution in [0.2, 0.25) is 0 Å². The van der Waals surface area contributed by atoms with E-state index in [4.69, 9.17) is 9.47 Å². The van der Waals surface area contributed by atoms with Crippen molar-refractivity contribution in [2.75, 3.05) is 20.2 Å². The number of hydrogen-bond donors (Lipinski definition) is 2. The Morgan fingerprint density at radius 2 is 1.84 bits per heavy atom. The predicted molar refractivity (Wildman–Crippen MR) is 103 cm³/mol. The summed E-state index contributed by atoms with van der Waals surface area (Å²) in [5, 5.41) is 6.14. The molecule has 25 heavy (non-hydrogen) atoms. The number of ether oxygens (including phenoxy) is 2. The molecule has 0 radical (unpaired) electrons. The number of nitrogens with one attached hydrogen (secondary N) is 2. The SMILES string of the molecule is CCCOc1ccc(OC2CCCCC2NC(=O)CCNC)cc1.Cl. The lowest BCUT2D eigenvalue weighted by atomic mass is 9.92. The zero-order valence-corrected chi connectivity index (χ0v) is 16.1. The molecule has 0 spiro atoms. The molecule has 1 aromatic carbocycles. The van der Waals surface area contributed by atoms with Gasteiger partial charge in [-0.3, -0.25) is 4.79 Å². The molecule has 2 rings (SSSR count). The van der Waals surface area contributed by atoms with E-state index in [9.17, 15) is 4.79 Å². The highest BCUT2D eigenvalue weighted by atomic mass is 35.5. The van der Waals surface area contributed by atoms with Crippen molar-refractivity contribution in [1.82, 2.24) is 10.6 Å². The van der Waals surface area contributed by atoms with Gasteiger partial charge in [-0.2, -0.15) is 0 Å². The Balaban J connectivity index is 0.00000312. The lowest BCUT2D eigenvalue weighted by Crippen LogP contribution is -2.48. The van der Waals surface area contributed by atoms with Crippen LogP contribution in [0, 0.1) is 0 Å². The third kappa shape index (κ3) is 7.53. The van der Waals surface area contributed by atoms with Gasteiger partial charge >= 0.3 is 0 Å². The van der Waals surface area contributed by atoms with Crippen LogP contribution in [-0.4, -0.2) is 38.3 Å². The molecule has 142 valence electrons. The number of rotatable bonds is 9. The van der Waals surface area contributed by atoms with Gasteiger partial charge in [-0.05, 0) is 57.0 Å².